The average Bonchev–Trinajstić information content (AvgIpc) is 2.86. The van der Waals surface area contributed by atoms with Gasteiger partial charge in [-0.3, -0.25) is 10.1 Å². The van der Waals surface area contributed by atoms with Crippen LogP contribution < -0.4 is 9.47 Å². The maximum absolute atomic E-state index is 10.9. The van der Waals surface area contributed by atoms with E-state index in [9.17, 15) is 10.1 Å². The highest BCUT2D eigenvalue weighted by Crippen LogP contribution is 2.37. The Hall–Kier alpha value is -4.10. The summed E-state index contributed by atoms with van der Waals surface area (Å²) in [6.07, 6.45) is 1.50. The molecule has 7 nitrogen and oxygen atoms in total. The summed E-state index contributed by atoms with van der Waals surface area (Å²) in [6, 6.07) is 23.9. The van der Waals surface area contributed by atoms with E-state index in [0.29, 0.717) is 40.9 Å². The predicted octanol–water partition coefficient (Wildman–Crippen LogP) is 6.93. The van der Waals surface area contributed by atoms with Crippen LogP contribution in [0.1, 0.15) is 23.6 Å². The van der Waals surface area contributed by atoms with Gasteiger partial charge in [-0.25, -0.2) is 0 Å². The molecule has 0 aromatic heterocycles. The molecule has 178 valence electrons. The number of nitro benzene ring substituents is 1. The number of benzene rings is 4. The van der Waals surface area contributed by atoms with E-state index >= 15 is 0 Å². The van der Waals surface area contributed by atoms with E-state index < -0.39 is 4.92 Å². The number of hydrogen-bond acceptors (Lipinski definition) is 6. The number of ether oxygens (including phenoxy) is 2. The van der Waals surface area contributed by atoms with Crippen molar-refractivity contribution in [2.24, 2.45) is 5.16 Å². The van der Waals surface area contributed by atoms with Gasteiger partial charge in [0.2, 0.25) is 0 Å². The monoisotopic (exact) mass is 490 g/mol. The molecular formula is C27H23ClN2O5. The second-order valence-corrected chi connectivity index (χ2v) is 8.03. The number of rotatable bonds is 10. The van der Waals surface area contributed by atoms with Gasteiger partial charge in [-0.1, -0.05) is 71.4 Å². The van der Waals surface area contributed by atoms with E-state index in [1.54, 1.807) is 24.3 Å². The van der Waals surface area contributed by atoms with Gasteiger partial charge in [-0.2, -0.15) is 0 Å². The molecule has 0 aliphatic rings. The molecule has 0 atom stereocenters. The third kappa shape index (κ3) is 6.07. The Morgan fingerprint density at radius 2 is 1.77 bits per heavy atom. The Labute approximate surface area is 207 Å². The van der Waals surface area contributed by atoms with Crippen LogP contribution >= 0.6 is 11.6 Å². The van der Waals surface area contributed by atoms with Gasteiger partial charge in [0.1, 0.15) is 13.2 Å². The fourth-order valence-corrected chi connectivity index (χ4v) is 3.88. The van der Waals surface area contributed by atoms with E-state index in [1.807, 2.05) is 31.2 Å². The molecular weight excluding hydrogens is 468 g/mol. The first kappa shape index (κ1) is 24.0. The summed E-state index contributed by atoms with van der Waals surface area (Å²) in [5, 5.41) is 17.5. The summed E-state index contributed by atoms with van der Waals surface area (Å²) >= 11 is 6.54. The molecule has 8 heteroatoms. The molecule has 0 aliphatic carbocycles. The van der Waals surface area contributed by atoms with Crippen molar-refractivity contribution in [1.82, 2.24) is 0 Å². The Bertz CT molecular complexity index is 1370. The number of fused-ring (bicyclic) bond motifs is 1. The van der Waals surface area contributed by atoms with Crippen LogP contribution in [0, 0.1) is 10.1 Å². The summed E-state index contributed by atoms with van der Waals surface area (Å²) in [5.74, 6) is 0.955. The molecule has 35 heavy (non-hydrogen) atoms. The largest absolute Gasteiger partial charge is 0.490 e. The summed E-state index contributed by atoms with van der Waals surface area (Å²) in [7, 11) is 0. The average molecular weight is 491 g/mol. The molecule has 0 radical (unpaired) electrons. The lowest BCUT2D eigenvalue weighted by Crippen LogP contribution is -2.02. The molecule has 0 saturated carbocycles. The zero-order valence-corrected chi connectivity index (χ0v) is 19.8. The molecule has 4 aromatic rings. The van der Waals surface area contributed by atoms with Gasteiger partial charge in [0, 0.05) is 17.7 Å². The van der Waals surface area contributed by atoms with E-state index in [4.69, 9.17) is 25.9 Å². The third-order valence-electron chi connectivity index (χ3n) is 5.21. The van der Waals surface area contributed by atoms with E-state index in [1.165, 1.54) is 18.3 Å². The first-order chi connectivity index (χ1) is 17.0. The van der Waals surface area contributed by atoms with Crippen molar-refractivity contribution >= 4 is 34.3 Å². The Balaban J connectivity index is 1.46. The Morgan fingerprint density at radius 3 is 2.60 bits per heavy atom. The molecule has 0 bridgehead atoms. The standard InChI is InChI=1S/C27H23ClN2O5/c1-2-33-26-15-20(16-29-35-17-19-7-5-11-23(13-19)30(31)32)14-25(28)27(26)34-18-22-10-6-9-21-8-3-4-12-24(21)22/h3-16H,2,17-18H2,1H3/b29-16-. The van der Waals surface area contributed by atoms with Gasteiger partial charge in [-0.15, -0.1) is 0 Å². The van der Waals surface area contributed by atoms with Gasteiger partial charge in [0.05, 0.1) is 22.8 Å². The smallest absolute Gasteiger partial charge is 0.269 e. The van der Waals surface area contributed by atoms with E-state index in [2.05, 4.69) is 23.4 Å². The molecule has 4 aromatic carbocycles. The minimum atomic E-state index is -0.450. The maximum atomic E-state index is 10.9. The van der Waals surface area contributed by atoms with Gasteiger partial charge in [0.25, 0.3) is 5.69 Å². The number of hydrogen-bond donors (Lipinski definition) is 0. The second-order valence-electron chi connectivity index (χ2n) is 7.62. The van der Waals surface area contributed by atoms with Crippen LogP contribution in [-0.2, 0) is 18.1 Å². The number of nitro groups is 1. The maximum Gasteiger partial charge on any atom is 0.269 e. The van der Waals surface area contributed by atoms with Crippen molar-refractivity contribution in [3.8, 4) is 11.5 Å². The highest BCUT2D eigenvalue weighted by atomic mass is 35.5. The van der Waals surface area contributed by atoms with Crippen LogP contribution in [0.4, 0.5) is 5.69 Å². The van der Waals surface area contributed by atoms with Gasteiger partial charge < -0.3 is 14.3 Å². The quantitative estimate of drug-likeness (QED) is 0.137. The summed E-state index contributed by atoms with van der Waals surface area (Å²) in [4.78, 5) is 15.8. The summed E-state index contributed by atoms with van der Waals surface area (Å²) < 4.78 is 11.9. The van der Waals surface area contributed by atoms with Crippen LogP contribution in [0.3, 0.4) is 0 Å². The highest BCUT2D eigenvalue weighted by molar-refractivity contribution is 6.32. The lowest BCUT2D eigenvalue weighted by atomic mass is 10.1. The topological polar surface area (TPSA) is 83.2 Å². The number of non-ortho nitro benzene ring substituents is 1. The van der Waals surface area contributed by atoms with Crippen molar-refractivity contribution in [3.63, 3.8) is 0 Å². The van der Waals surface area contributed by atoms with E-state index in [-0.39, 0.29) is 12.3 Å². The van der Waals surface area contributed by atoms with Crippen molar-refractivity contribution in [2.45, 2.75) is 20.1 Å². The molecule has 0 unspecified atom stereocenters. The molecule has 0 amide bonds. The van der Waals surface area contributed by atoms with Crippen LogP contribution in [0.2, 0.25) is 5.02 Å². The SMILES string of the molecule is CCOc1cc(/C=N\OCc2cccc([N+](=O)[O-])c2)cc(Cl)c1OCc1cccc2ccccc12. The van der Waals surface area contributed by atoms with Crippen LogP contribution in [0.5, 0.6) is 11.5 Å². The number of halogens is 1. The molecule has 0 fully saturated rings. The van der Waals surface area contributed by atoms with Gasteiger partial charge in [0.15, 0.2) is 11.5 Å². The summed E-state index contributed by atoms with van der Waals surface area (Å²) in [6.45, 7) is 2.74. The van der Waals surface area contributed by atoms with Crippen LogP contribution in [0.25, 0.3) is 10.8 Å². The van der Waals surface area contributed by atoms with Crippen LogP contribution in [-0.4, -0.2) is 17.7 Å². The number of oxime groups is 1. The molecule has 0 spiro atoms. The van der Waals surface area contributed by atoms with Crippen molar-refractivity contribution in [3.05, 3.63) is 111 Å². The minimum absolute atomic E-state index is 0.00214. The predicted molar refractivity (Wildman–Crippen MR) is 136 cm³/mol. The molecule has 0 heterocycles. The highest BCUT2D eigenvalue weighted by Gasteiger charge is 2.13. The van der Waals surface area contributed by atoms with Crippen LogP contribution in [0.15, 0.2) is 84.0 Å². The molecule has 0 N–H and O–H groups in total. The van der Waals surface area contributed by atoms with Crippen molar-refractivity contribution in [2.75, 3.05) is 6.61 Å². The molecule has 0 saturated heterocycles. The first-order valence-corrected chi connectivity index (χ1v) is 11.4. The lowest BCUT2D eigenvalue weighted by Gasteiger charge is -2.15. The van der Waals surface area contributed by atoms with Crippen molar-refractivity contribution in [1.29, 1.82) is 0 Å². The fourth-order valence-electron chi connectivity index (χ4n) is 3.60. The zero-order valence-electron chi connectivity index (χ0n) is 19.0. The van der Waals surface area contributed by atoms with Crippen molar-refractivity contribution < 1.29 is 19.2 Å². The Kier molecular flexibility index (Phi) is 7.80. The fraction of sp³-hybridized carbons (Fsp3) is 0.148. The Morgan fingerprint density at radius 1 is 0.971 bits per heavy atom. The summed E-state index contributed by atoms with van der Waals surface area (Å²) in [5.41, 5.74) is 2.35. The third-order valence-corrected chi connectivity index (χ3v) is 5.49. The van der Waals surface area contributed by atoms with Gasteiger partial charge in [-0.05, 0) is 41.0 Å². The first-order valence-electron chi connectivity index (χ1n) is 11.0. The van der Waals surface area contributed by atoms with Gasteiger partial charge >= 0.3 is 0 Å². The normalized spacial score (nSPS) is 11.0. The minimum Gasteiger partial charge on any atom is -0.490 e. The second kappa shape index (κ2) is 11.4. The molecule has 4 rings (SSSR count). The number of nitrogens with zero attached hydrogens (tertiary/aromatic N) is 2. The zero-order chi connectivity index (χ0) is 24.6. The van der Waals surface area contributed by atoms with E-state index in [0.717, 1.165) is 16.3 Å². The molecule has 0 aliphatic heterocycles. The lowest BCUT2D eigenvalue weighted by molar-refractivity contribution is -0.384.